The SMILES string of the molecule is C(c1ccccn1)=c1ccc2c(n1)C=c1ccccc1=2. The molecule has 0 aliphatic heterocycles. The second-order valence-corrected chi connectivity index (χ2v) is 4.80. The van der Waals surface area contributed by atoms with Gasteiger partial charge in [0.25, 0.3) is 0 Å². The molecular formula is C18H12N2. The van der Waals surface area contributed by atoms with E-state index in [4.69, 9.17) is 4.98 Å². The van der Waals surface area contributed by atoms with E-state index in [1.807, 2.05) is 30.3 Å². The van der Waals surface area contributed by atoms with Crippen LogP contribution in [0.1, 0.15) is 11.4 Å². The zero-order chi connectivity index (χ0) is 13.4. The zero-order valence-corrected chi connectivity index (χ0v) is 10.8. The maximum Gasteiger partial charge on any atom is 0.0721 e. The average molecular weight is 256 g/mol. The van der Waals surface area contributed by atoms with Gasteiger partial charge < -0.3 is 0 Å². The van der Waals surface area contributed by atoms with Gasteiger partial charge in [-0.25, -0.2) is 4.98 Å². The Bertz CT molecular complexity index is 990. The van der Waals surface area contributed by atoms with Gasteiger partial charge in [-0.2, -0.15) is 0 Å². The van der Waals surface area contributed by atoms with E-state index in [1.54, 1.807) is 6.20 Å². The highest BCUT2D eigenvalue weighted by Gasteiger charge is 2.02. The molecule has 2 aromatic heterocycles. The number of pyridine rings is 2. The van der Waals surface area contributed by atoms with Crippen molar-refractivity contribution >= 4 is 12.2 Å². The molecule has 0 bridgehead atoms. The van der Waals surface area contributed by atoms with Crippen molar-refractivity contribution in [2.45, 2.75) is 0 Å². The highest BCUT2D eigenvalue weighted by atomic mass is 14.7. The van der Waals surface area contributed by atoms with Gasteiger partial charge in [0, 0.05) is 11.4 Å². The molecule has 0 radical (unpaired) electrons. The van der Waals surface area contributed by atoms with Crippen LogP contribution in [0.3, 0.4) is 0 Å². The van der Waals surface area contributed by atoms with Crippen LogP contribution in [-0.4, -0.2) is 9.97 Å². The van der Waals surface area contributed by atoms with Crippen molar-refractivity contribution in [3.05, 3.63) is 93.2 Å². The van der Waals surface area contributed by atoms with Gasteiger partial charge in [0.2, 0.25) is 0 Å². The summed E-state index contributed by atoms with van der Waals surface area (Å²) in [5.41, 5.74) is 1.96. The summed E-state index contributed by atoms with van der Waals surface area (Å²) in [6.45, 7) is 0. The molecule has 2 heterocycles. The highest BCUT2D eigenvalue weighted by molar-refractivity contribution is 5.52. The molecular weight excluding hydrogens is 244 g/mol. The van der Waals surface area contributed by atoms with Gasteiger partial charge in [0.05, 0.1) is 16.7 Å². The van der Waals surface area contributed by atoms with Gasteiger partial charge in [-0.15, -0.1) is 0 Å². The Labute approximate surface area is 116 Å². The summed E-state index contributed by atoms with van der Waals surface area (Å²) in [7, 11) is 0. The number of fused-ring (bicyclic) bond motifs is 2. The Balaban J connectivity index is 1.95. The number of hydrogen-bond donors (Lipinski definition) is 0. The van der Waals surface area contributed by atoms with Crippen molar-refractivity contribution in [2.24, 2.45) is 0 Å². The van der Waals surface area contributed by atoms with Crippen LogP contribution in [0, 0.1) is 10.4 Å². The third kappa shape index (κ3) is 1.82. The van der Waals surface area contributed by atoms with E-state index in [1.165, 1.54) is 15.7 Å². The Hall–Kier alpha value is -2.74. The van der Waals surface area contributed by atoms with Crippen molar-refractivity contribution in [3.8, 4) is 0 Å². The fourth-order valence-corrected chi connectivity index (χ4v) is 2.54. The van der Waals surface area contributed by atoms with Crippen LogP contribution in [0.15, 0.2) is 60.8 Å². The van der Waals surface area contributed by atoms with Crippen LogP contribution >= 0.6 is 0 Å². The van der Waals surface area contributed by atoms with Crippen molar-refractivity contribution < 1.29 is 0 Å². The molecule has 94 valence electrons. The Kier molecular flexibility index (Phi) is 2.46. The standard InChI is InChI=1S/C18H12N2/c1-2-7-16-13(5-1)11-18-17(16)9-8-15(20-18)12-14-6-3-4-10-19-14/h1-12H. The molecule has 1 aromatic carbocycles. The van der Waals surface area contributed by atoms with Crippen LogP contribution in [0.25, 0.3) is 12.2 Å². The normalized spacial score (nSPS) is 12.7. The predicted molar refractivity (Wildman–Crippen MR) is 79.0 cm³/mol. The zero-order valence-electron chi connectivity index (χ0n) is 10.8. The Morgan fingerprint density at radius 3 is 2.60 bits per heavy atom. The summed E-state index contributed by atoms with van der Waals surface area (Å²) in [4.78, 5) is 9.01. The van der Waals surface area contributed by atoms with Crippen molar-refractivity contribution in [2.75, 3.05) is 0 Å². The molecule has 1 aliphatic rings. The molecule has 1 aliphatic carbocycles. The summed E-state index contributed by atoms with van der Waals surface area (Å²) >= 11 is 0. The Morgan fingerprint density at radius 1 is 0.800 bits per heavy atom. The van der Waals surface area contributed by atoms with Crippen LogP contribution in [0.4, 0.5) is 0 Å². The largest absolute Gasteiger partial charge is 0.257 e. The maximum absolute atomic E-state index is 4.71. The number of benzene rings is 1. The molecule has 0 saturated heterocycles. The smallest absolute Gasteiger partial charge is 0.0721 e. The van der Waals surface area contributed by atoms with E-state index in [-0.39, 0.29) is 0 Å². The van der Waals surface area contributed by atoms with Gasteiger partial charge in [0.1, 0.15) is 0 Å². The molecule has 4 rings (SSSR count). The van der Waals surface area contributed by atoms with Crippen molar-refractivity contribution in [3.63, 3.8) is 0 Å². The van der Waals surface area contributed by atoms with Crippen LogP contribution in [-0.2, 0) is 0 Å². The maximum atomic E-state index is 4.71. The minimum absolute atomic E-state index is 0.926. The predicted octanol–water partition coefficient (Wildman–Crippen LogP) is 1.73. The first-order valence-electron chi connectivity index (χ1n) is 6.61. The molecule has 0 unspecified atom stereocenters. The van der Waals surface area contributed by atoms with Crippen LogP contribution in [0.2, 0.25) is 0 Å². The minimum Gasteiger partial charge on any atom is -0.257 e. The summed E-state index contributed by atoms with van der Waals surface area (Å²) in [6.07, 6.45) is 5.93. The van der Waals surface area contributed by atoms with Gasteiger partial charge >= 0.3 is 0 Å². The number of nitrogens with zero attached hydrogens (tertiary/aromatic N) is 2. The van der Waals surface area contributed by atoms with Gasteiger partial charge in [-0.3, -0.25) is 4.98 Å². The first-order chi connectivity index (χ1) is 9.90. The lowest BCUT2D eigenvalue weighted by Crippen LogP contribution is -2.08. The van der Waals surface area contributed by atoms with Crippen LogP contribution in [0.5, 0.6) is 0 Å². The molecule has 0 fully saturated rings. The van der Waals surface area contributed by atoms with Gasteiger partial charge in [0.15, 0.2) is 0 Å². The van der Waals surface area contributed by atoms with Crippen molar-refractivity contribution in [1.82, 2.24) is 9.97 Å². The second kappa shape index (κ2) is 4.42. The molecule has 2 heteroatoms. The lowest BCUT2D eigenvalue weighted by molar-refractivity contribution is 1.19. The number of aromatic nitrogens is 2. The summed E-state index contributed by atoms with van der Waals surface area (Å²) in [5.74, 6) is 0. The van der Waals surface area contributed by atoms with E-state index >= 15 is 0 Å². The summed E-state index contributed by atoms with van der Waals surface area (Å²) < 4.78 is 0. The van der Waals surface area contributed by atoms with E-state index < -0.39 is 0 Å². The van der Waals surface area contributed by atoms with Gasteiger partial charge in [-0.1, -0.05) is 36.4 Å². The van der Waals surface area contributed by atoms with E-state index in [0.717, 1.165) is 16.7 Å². The molecule has 0 saturated carbocycles. The molecule has 0 spiro atoms. The lowest BCUT2D eigenvalue weighted by Gasteiger charge is -1.93. The topological polar surface area (TPSA) is 25.8 Å². The molecule has 0 N–H and O–H groups in total. The third-order valence-corrected chi connectivity index (χ3v) is 3.47. The number of rotatable bonds is 1. The minimum atomic E-state index is 0.926. The van der Waals surface area contributed by atoms with Crippen molar-refractivity contribution in [1.29, 1.82) is 0 Å². The summed E-state index contributed by atoms with van der Waals surface area (Å²) in [5, 5.41) is 4.65. The molecule has 0 atom stereocenters. The summed E-state index contributed by atoms with van der Waals surface area (Å²) in [6, 6.07) is 18.4. The van der Waals surface area contributed by atoms with Crippen LogP contribution < -0.4 is 10.6 Å². The van der Waals surface area contributed by atoms with E-state index in [2.05, 4.69) is 41.4 Å². The second-order valence-electron chi connectivity index (χ2n) is 4.80. The average Bonchev–Trinajstić information content (AvgIpc) is 2.86. The molecule has 3 aromatic rings. The quantitative estimate of drug-likeness (QED) is 0.518. The first-order valence-corrected chi connectivity index (χ1v) is 6.61. The molecule has 20 heavy (non-hydrogen) atoms. The lowest BCUT2D eigenvalue weighted by atomic mass is 10.2. The monoisotopic (exact) mass is 256 g/mol. The fourth-order valence-electron chi connectivity index (χ4n) is 2.54. The fraction of sp³-hybridized carbons (Fsp3) is 0. The molecule has 0 amide bonds. The van der Waals surface area contributed by atoms with E-state index in [9.17, 15) is 0 Å². The Morgan fingerprint density at radius 2 is 1.70 bits per heavy atom. The van der Waals surface area contributed by atoms with Gasteiger partial charge in [-0.05, 0) is 40.8 Å². The third-order valence-electron chi connectivity index (χ3n) is 3.47. The molecule has 2 nitrogen and oxygen atoms in total. The van der Waals surface area contributed by atoms with E-state index in [0.29, 0.717) is 0 Å². The highest BCUT2D eigenvalue weighted by Crippen LogP contribution is 2.04. The first kappa shape index (κ1) is 11.1. The number of hydrogen-bond acceptors (Lipinski definition) is 2.